The average Bonchev–Trinajstić information content (AvgIpc) is 2.84. The van der Waals surface area contributed by atoms with E-state index in [2.05, 4.69) is 32.6 Å². The summed E-state index contributed by atoms with van der Waals surface area (Å²) < 4.78 is 0. The molecule has 0 radical (unpaired) electrons. The van der Waals surface area contributed by atoms with Crippen molar-refractivity contribution < 1.29 is 5.11 Å². The van der Waals surface area contributed by atoms with Gasteiger partial charge < -0.3 is 5.11 Å². The van der Waals surface area contributed by atoms with Crippen LogP contribution in [0, 0.1) is 34.5 Å². The zero-order valence-corrected chi connectivity index (χ0v) is 14.4. The van der Waals surface area contributed by atoms with E-state index in [9.17, 15) is 5.11 Å². The van der Waals surface area contributed by atoms with Crippen LogP contribution in [0.25, 0.3) is 0 Å². The Labute approximate surface area is 135 Å². The van der Waals surface area contributed by atoms with Gasteiger partial charge in [-0.05, 0) is 85.9 Å². The van der Waals surface area contributed by atoms with Gasteiger partial charge in [-0.2, -0.15) is 0 Å². The molecular weight excluding hydrogens is 268 g/mol. The molecule has 7 atom stereocenters. The van der Waals surface area contributed by atoms with E-state index in [-0.39, 0.29) is 6.10 Å². The topological polar surface area (TPSA) is 20.2 Å². The van der Waals surface area contributed by atoms with Gasteiger partial charge in [0.25, 0.3) is 0 Å². The molecular formula is C21H32O. The van der Waals surface area contributed by atoms with E-state index in [0.29, 0.717) is 10.8 Å². The zero-order chi connectivity index (χ0) is 15.5. The van der Waals surface area contributed by atoms with Crippen molar-refractivity contribution in [1.82, 2.24) is 0 Å². The van der Waals surface area contributed by atoms with Gasteiger partial charge in [0.2, 0.25) is 0 Å². The Morgan fingerprint density at radius 3 is 2.68 bits per heavy atom. The van der Waals surface area contributed by atoms with Gasteiger partial charge in [-0.25, -0.2) is 0 Å². The summed E-state index contributed by atoms with van der Waals surface area (Å²) in [6, 6.07) is 0. The molecule has 0 aromatic rings. The summed E-state index contributed by atoms with van der Waals surface area (Å²) in [6.07, 6.45) is 14.6. The molecule has 0 unspecified atom stereocenters. The number of hydrogen-bond donors (Lipinski definition) is 1. The predicted molar refractivity (Wildman–Crippen MR) is 91.4 cm³/mol. The Hall–Kier alpha value is -0.560. The lowest BCUT2D eigenvalue weighted by molar-refractivity contribution is -0.0495. The van der Waals surface area contributed by atoms with Crippen LogP contribution in [0.3, 0.4) is 0 Å². The Balaban J connectivity index is 1.67. The largest absolute Gasteiger partial charge is 0.389 e. The number of aliphatic hydroxyl groups excluding tert-OH is 1. The number of allylic oxidation sites excluding steroid dienone is 2. The fourth-order valence-corrected chi connectivity index (χ4v) is 7.14. The fraction of sp³-hybridized carbons (Fsp3) is 0.810. The molecule has 22 heavy (non-hydrogen) atoms. The molecule has 4 aliphatic rings. The lowest BCUT2D eigenvalue weighted by Crippen LogP contribution is -2.50. The fourth-order valence-electron chi connectivity index (χ4n) is 7.14. The van der Waals surface area contributed by atoms with Gasteiger partial charge in [-0.15, -0.1) is 6.58 Å². The van der Waals surface area contributed by atoms with E-state index in [4.69, 9.17) is 0 Å². The summed E-state index contributed by atoms with van der Waals surface area (Å²) in [6.45, 7) is 9.21. The first-order chi connectivity index (χ1) is 10.5. The first-order valence-corrected chi connectivity index (χ1v) is 9.51. The minimum Gasteiger partial charge on any atom is -0.389 e. The van der Waals surface area contributed by atoms with Gasteiger partial charge in [0.05, 0.1) is 6.10 Å². The van der Waals surface area contributed by atoms with Gasteiger partial charge in [0, 0.05) is 0 Å². The average molecular weight is 300 g/mol. The first-order valence-electron chi connectivity index (χ1n) is 9.51. The van der Waals surface area contributed by atoms with Crippen molar-refractivity contribution in [3.8, 4) is 0 Å². The molecule has 1 heteroatoms. The minimum absolute atomic E-state index is 0.176. The molecule has 0 spiro atoms. The highest BCUT2D eigenvalue weighted by molar-refractivity contribution is 5.25. The Morgan fingerprint density at radius 2 is 1.91 bits per heavy atom. The van der Waals surface area contributed by atoms with Crippen LogP contribution >= 0.6 is 0 Å². The van der Waals surface area contributed by atoms with Gasteiger partial charge in [0.1, 0.15) is 0 Å². The molecule has 0 amide bonds. The van der Waals surface area contributed by atoms with Gasteiger partial charge in [0.15, 0.2) is 0 Å². The number of rotatable bonds is 1. The predicted octanol–water partition coefficient (Wildman–Crippen LogP) is 5.11. The maximum absolute atomic E-state index is 10.0. The highest BCUT2D eigenvalue weighted by Crippen LogP contribution is 2.66. The monoisotopic (exact) mass is 300 g/mol. The third kappa shape index (κ3) is 1.87. The van der Waals surface area contributed by atoms with E-state index in [1.165, 1.54) is 44.9 Å². The molecule has 0 bridgehead atoms. The van der Waals surface area contributed by atoms with E-state index in [1.807, 2.05) is 0 Å². The van der Waals surface area contributed by atoms with Crippen LogP contribution in [0.4, 0.5) is 0 Å². The van der Waals surface area contributed by atoms with Crippen LogP contribution in [-0.4, -0.2) is 11.2 Å². The molecule has 0 aromatic heterocycles. The molecule has 0 aliphatic heterocycles. The second-order valence-electron chi connectivity index (χ2n) is 9.09. The maximum Gasteiger partial charge on any atom is 0.0724 e. The summed E-state index contributed by atoms with van der Waals surface area (Å²) in [4.78, 5) is 0. The molecule has 1 nitrogen and oxygen atoms in total. The van der Waals surface area contributed by atoms with E-state index in [0.717, 1.165) is 30.1 Å². The molecule has 3 saturated carbocycles. The normalized spacial score (nSPS) is 54.0. The van der Waals surface area contributed by atoms with Crippen LogP contribution in [-0.2, 0) is 0 Å². The van der Waals surface area contributed by atoms with Crippen LogP contribution in [0.1, 0.15) is 65.2 Å². The second kappa shape index (κ2) is 4.97. The van der Waals surface area contributed by atoms with Gasteiger partial charge in [-0.1, -0.05) is 31.6 Å². The molecule has 4 rings (SSSR count). The highest BCUT2D eigenvalue weighted by atomic mass is 16.3. The standard InChI is InChI=1S/C21H32O/c1-4-14-6-8-18-17-7-5-15-13-16(22)9-11-21(15,3)19(17)10-12-20(14,18)2/h4,13-14,16-19,22H,1,5-12H2,2-3H3/t14-,16+,17-,18-,19-,20+,21-/m0/s1. The summed E-state index contributed by atoms with van der Waals surface area (Å²) in [5.74, 6) is 3.44. The third-order valence-corrected chi connectivity index (χ3v) is 8.45. The SMILES string of the molecule is C=C[C@H]1CC[C@H]2[C@@H]3CCC4=C[C@H](O)CC[C@]4(C)[C@H]3CC[C@]12C. The zero-order valence-electron chi connectivity index (χ0n) is 14.4. The molecule has 3 fully saturated rings. The first kappa shape index (κ1) is 15.0. The smallest absolute Gasteiger partial charge is 0.0724 e. The van der Waals surface area contributed by atoms with Crippen molar-refractivity contribution >= 4 is 0 Å². The van der Waals surface area contributed by atoms with Crippen molar-refractivity contribution in [2.75, 3.05) is 0 Å². The van der Waals surface area contributed by atoms with Crippen LogP contribution in [0.5, 0.6) is 0 Å². The Morgan fingerprint density at radius 1 is 1.09 bits per heavy atom. The lowest BCUT2D eigenvalue weighted by atomic mass is 9.47. The van der Waals surface area contributed by atoms with Crippen molar-refractivity contribution in [3.05, 3.63) is 24.3 Å². The third-order valence-electron chi connectivity index (χ3n) is 8.45. The molecule has 0 aromatic carbocycles. The Kier molecular flexibility index (Phi) is 3.39. The van der Waals surface area contributed by atoms with Crippen LogP contribution in [0.15, 0.2) is 24.3 Å². The molecule has 0 heterocycles. The van der Waals surface area contributed by atoms with Crippen molar-refractivity contribution in [2.24, 2.45) is 34.5 Å². The second-order valence-corrected chi connectivity index (χ2v) is 9.09. The van der Waals surface area contributed by atoms with E-state index in [1.54, 1.807) is 5.57 Å². The van der Waals surface area contributed by atoms with Crippen LogP contribution < -0.4 is 0 Å². The van der Waals surface area contributed by atoms with E-state index >= 15 is 0 Å². The summed E-state index contributed by atoms with van der Waals surface area (Å²) in [5, 5.41) is 10.0. The number of hydrogen-bond acceptors (Lipinski definition) is 1. The van der Waals surface area contributed by atoms with Gasteiger partial charge in [-0.3, -0.25) is 0 Å². The highest BCUT2D eigenvalue weighted by Gasteiger charge is 2.58. The molecule has 1 N–H and O–H groups in total. The van der Waals surface area contributed by atoms with Crippen molar-refractivity contribution in [2.45, 2.75) is 71.3 Å². The summed E-state index contributed by atoms with van der Waals surface area (Å²) in [5.41, 5.74) is 2.50. The van der Waals surface area contributed by atoms with Crippen molar-refractivity contribution in [3.63, 3.8) is 0 Å². The molecule has 4 aliphatic carbocycles. The molecule has 122 valence electrons. The maximum atomic E-state index is 10.0. The Bertz CT molecular complexity index is 506. The quantitative estimate of drug-likeness (QED) is 0.667. The minimum atomic E-state index is -0.176. The number of aliphatic hydroxyl groups is 1. The van der Waals surface area contributed by atoms with Crippen LogP contribution in [0.2, 0.25) is 0 Å². The molecule has 0 saturated heterocycles. The van der Waals surface area contributed by atoms with Crippen molar-refractivity contribution in [1.29, 1.82) is 0 Å². The summed E-state index contributed by atoms with van der Waals surface area (Å²) >= 11 is 0. The van der Waals surface area contributed by atoms with E-state index < -0.39 is 0 Å². The lowest BCUT2D eigenvalue weighted by Gasteiger charge is -2.58. The summed E-state index contributed by atoms with van der Waals surface area (Å²) in [7, 11) is 0. The number of fused-ring (bicyclic) bond motifs is 5. The van der Waals surface area contributed by atoms with Gasteiger partial charge >= 0.3 is 0 Å².